The van der Waals surface area contributed by atoms with Crippen molar-refractivity contribution < 1.29 is 8.81 Å². The minimum absolute atomic E-state index is 0.147. The Bertz CT molecular complexity index is 520. The molecule has 16 heavy (non-hydrogen) atoms. The summed E-state index contributed by atoms with van der Waals surface area (Å²) in [4.78, 5) is 4.11. The van der Waals surface area contributed by atoms with Gasteiger partial charge in [0.25, 0.3) is 6.01 Å². The summed E-state index contributed by atoms with van der Waals surface area (Å²) in [6, 6.07) is 4.99. The van der Waals surface area contributed by atoms with E-state index in [4.69, 9.17) is 10.2 Å². The minimum atomic E-state index is -0.224. The predicted molar refractivity (Wildman–Crippen MR) is 60.4 cm³/mol. The number of hydrogen-bond donors (Lipinski definition) is 1. The monoisotopic (exact) mass is 220 g/mol. The normalized spacial score (nSPS) is 10.7. The summed E-state index contributed by atoms with van der Waals surface area (Å²) in [5.74, 6) is 0.502. The maximum Gasteiger partial charge on any atom is 0.292 e. The Morgan fingerprint density at radius 1 is 1.44 bits per heavy atom. The first-order valence-corrected chi connectivity index (χ1v) is 5.13. The highest BCUT2D eigenvalue weighted by molar-refractivity contribution is 5.63. The van der Waals surface area contributed by atoms with Gasteiger partial charge >= 0.3 is 0 Å². The minimum Gasteiger partial charge on any atom is -0.428 e. The van der Waals surface area contributed by atoms with Crippen LogP contribution >= 0.6 is 0 Å². The first-order valence-electron chi connectivity index (χ1n) is 5.13. The third kappa shape index (κ3) is 1.78. The summed E-state index contributed by atoms with van der Waals surface area (Å²) in [5, 5.41) is 0. The molecule has 0 saturated heterocycles. The second-order valence-corrected chi connectivity index (χ2v) is 3.64. The van der Waals surface area contributed by atoms with Gasteiger partial charge in [-0.2, -0.15) is 4.98 Å². The molecular weight excluding hydrogens is 207 g/mol. The number of hydrogen-bond acceptors (Lipinski definition) is 3. The van der Waals surface area contributed by atoms with Crippen LogP contribution in [0, 0.1) is 12.7 Å². The van der Waals surface area contributed by atoms with Gasteiger partial charge in [-0.25, -0.2) is 4.39 Å². The first-order chi connectivity index (χ1) is 7.61. The van der Waals surface area contributed by atoms with Crippen LogP contribution < -0.4 is 5.73 Å². The van der Waals surface area contributed by atoms with Crippen molar-refractivity contribution in [2.45, 2.75) is 20.3 Å². The summed E-state index contributed by atoms with van der Waals surface area (Å²) in [5.41, 5.74) is 7.62. The zero-order chi connectivity index (χ0) is 11.7. The Balaban J connectivity index is 2.53. The molecule has 0 fully saturated rings. The van der Waals surface area contributed by atoms with Crippen LogP contribution in [0.25, 0.3) is 11.3 Å². The van der Waals surface area contributed by atoms with Crippen molar-refractivity contribution in [1.82, 2.24) is 4.98 Å². The number of benzene rings is 1. The van der Waals surface area contributed by atoms with E-state index in [1.54, 1.807) is 19.1 Å². The van der Waals surface area contributed by atoms with Crippen LogP contribution in [0.15, 0.2) is 22.6 Å². The molecule has 0 aliphatic rings. The van der Waals surface area contributed by atoms with Gasteiger partial charge in [-0.05, 0) is 30.7 Å². The average Bonchev–Trinajstić information content (AvgIpc) is 2.63. The molecule has 0 spiro atoms. The standard InChI is InChI=1S/C12H13FN2O/c1-3-10-11(15-12(14)16-10)8-4-5-9(13)7(2)6-8/h4-6H,3H2,1-2H3,(H2,14,15). The van der Waals surface area contributed by atoms with Crippen molar-refractivity contribution in [3.63, 3.8) is 0 Å². The molecule has 3 nitrogen and oxygen atoms in total. The number of halogens is 1. The molecule has 0 saturated carbocycles. The molecule has 0 amide bonds. The van der Waals surface area contributed by atoms with Crippen molar-refractivity contribution in [3.8, 4) is 11.3 Å². The molecule has 0 bridgehead atoms. The van der Waals surface area contributed by atoms with Gasteiger partial charge in [0.2, 0.25) is 0 Å². The second kappa shape index (κ2) is 3.96. The summed E-state index contributed by atoms with van der Waals surface area (Å²) >= 11 is 0. The van der Waals surface area contributed by atoms with Gasteiger partial charge in [-0.1, -0.05) is 6.92 Å². The summed E-state index contributed by atoms with van der Waals surface area (Å²) in [6.07, 6.45) is 0.704. The van der Waals surface area contributed by atoms with E-state index >= 15 is 0 Å². The number of aromatic nitrogens is 1. The van der Waals surface area contributed by atoms with Crippen LogP contribution in [0.3, 0.4) is 0 Å². The van der Waals surface area contributed by atoms with Gasteiger partial charge in [0.15, 0.2) is 0 Å². The lowest BCUT2D eigenvalue weighted by Crippen LogP contribution is -1.88. The Morgan fingerprint density at radius 2 is 2.19 bits per heavy atom. The van der Waals surface area contributed by atoms with E-state index in [0.717, 1.165) is 11.3 Å². The maximum absolute atomic E-state index is 13.1. The largest absolute Gasteiger partial charge is 0.428 e. The summed E-state index contributed by atoms with van der Waals surface area (Å²) in [6.45, 7) is 3.67. The molecule has 84 valence electrons. The molecule has 4 heteroatoms. The molecule has 1 aromatic heterocycles. The number of aryl methyl sites for hydroxylation is 2. The second-order valence-electron chi connectivity index (χ2n) is 3.64. The molecule has 0 aliphatic carbocycles. The number of rotatable bonds is 2. The van der Waals surface area contributed by atoms with Gasteiger partial charge in [0.1, 0.15) is 17.3 Å². The zero-order valence-corrected chi connectivity index (χ0v) is 9.25. The van der Waals surface area contributed by atoms with Crippen LogP contribution in [-0.4, -0.2) is 4.98 Å². The number of nitrogen functional groups attached to an aromatic ring is 1. The highest BCUT2D eigenvalue weighted by atomic mass is 19.1. The molecule has 2 aromatic rings. The Hall–Kier alpha value is -1.84. The Kier molecular flexibility index (Phi) is 2.64. The average molecular weight is 220 g/mol. The molecular formula is C12H13FN2O. The number of anilines is 1. The van der Waals surface area contributed by atoms with Crippen LogP contribution in [0.5, 0.6) is 0 Å². The quantitative estimate of drug-likeness (QED) is 0.846. The van der Waals surface area contributed by atoms with Gasteiger partial charge in [0, 0.05) is 12.0 Å². The lowest BCUT2D eigenvalue weighted by atomic mass is 10.1. The molecule has 2 rings (SSSR count). The van der Waals surface area contributed by atoms with Crippen molar-refractivity contribution in [3.05, 3.63) is 35.3 Å². The van der Waals surface area contributed by atoms with E-state index in [1.165, 1.54) is 6.07 Å². The molecule has 2 N–H and O–H groups in total. The Morgan fingerprint density at radius 3 is 2.81 bits per heavy atom. The zero-order valence-electron chi connectivity index (χ0n) is 9.25. The molecule has 0 atom stereocenters. The number of nitrogens with zero attached hydrogens (tertiary/aromatic N) is 1. The third-order valence-corrected chi connectivity index (χ3v) is 2.47. The molecule has 0 unspecified atom stereocenters. The highest BCUT2D eigenvalue weighted by Crippen LogP contribution is 2.26. The highest BCUT2D eigenvalue weighted by Gasteiger charge is 2.12. The number of nitrogens with two attached hydrogens (primary N) is 1. The van der Waals surface area contributed by atoms with E-state index in [0.29, 0.717) is 17.7 Å². The van der Waals surface area contributed by atoms with Crippen LogP contribution in [-0.2, 0) is 6.42 Å². The SMILES string of the molecule is CCc1oc(N)nc1-c1ccc(F)c(C)c1. The van der Waals surface area contributed by atoms with Crippen molar-refractivity contribution >= 4 is 6.01 Å². The van der Waals surface area contributed by atoms with Crippen molar-refractivity contribution in [1.29, 1.82) is 0 Å². The van der Waals surface area contributed by atoms with Gasteiger partial charge < -0.3 is 10.2 Å². The van der Waals surface area contributed by atoms with Crippen LogP contribution in [0.2, 0.25) is 0 Å². The van der Waals surface area contributed by atoms with Gasteiger partial charge in [-0.3, -0.25) is 0 Å². The van der Waals surface area contributed by atoms with Crippen LogP contribution in [0.1, 0.15) is 18.2 Å². The first kappa shape index (κ1) is 10.7. The third-order valence-electron chi connectivity index (χ3n) is 2.47. The van der Waals surface area contributed by atoms with E-state index in [2.05, 4.69) is 4.98 Å². The lowest BCUT2D eigenvalue weighted by Gasteiger charge is -2.01. The van der Waals surface area contributed by atoms with Crippen LogP contribution in [0.4, 0.5) is 10.4 Å². The van der Waals surface area contributed by atoms with Crippen molar-refractivity contribution in [2.75, 3.05) is 5.73 Å². The van der Waals surface area contributed by atoms with E-state index in [-0.39, 0.29) is 11.8 Å². The molecule has 1 heterocycles. The topological polar surface area (TPSA) is 52.0 Å². The fraction of sp³-hybridized carbons (Fsp3) is 0.250. The molecule has 0 radical (unpaired) electrons. The smallest absolute Gasteiger partial charge is 0.292 e. The van der Waals surface area contributed by atoms with E-state index in [1.807, 2.05) is 6.92 Å². The fourth-order valence-electron chi connectivity index (χ4n) is 1.63. The predicted octanol–water partition coefficient (Wildman–Crippen LogP) is 2.93. The molecule has 0 aliphatic heterocycles. The summed E-state index contributed by atoms with van der Waals surface area (Å²) < 4.78 is 18.4. The summed E-state index contributed by atoms with van der Waals surface area (Å²) in [7, 11) is 0. The van der Waals surface area contributed by atoms with Gasteiger partial charge in [-0.15, -0.1) is 0 Å². The van der Waals surface area contributed by atoms with Gasteiger partial charge in [0.05, 0.1) is 0 Å². The maximum atomic E-state index is 13.1. The Labute approximate surface area is 93.1 Å². The van der Waals surface area contributed by atoms with E-state index < -0.39 is 0 Å². The fourth-order valence-corrected chi connectivity index (χ4v) is 1.63. The van der Waals surface area contributed by atoms with Crippen molar-refractivity contribution in [2.24, 2.45) is 0 Å². The van der Waals surface area contributed by atoms with E-state index in [9.17, 15) is 4.39 Å². The molecule has 1 aromatic carbocycles. The number of oxazole rings is 1. The lowest BCUT2D eigenvalue weighted by molar-refractivity contribution is 0.530.